The maximum Gasteiger partial charge on any atom is 0.246 e. The van der Waals surface area contributed by atoms with Crippen molar-refractivity contribution >= 4 is 11.2 Å². The molecule has 0 fully saturated rings. The number of rotatable bonds is 3. The zero-order valence-electron chi connectivity index (χ0n) is 11.8. The highest BCUT2D eigenvalue weighted by Crippen LogP contribution is 2.22. The van der Waals surface area contributed by atoms with Crippen molar-refractivity contribution in [3.63, 3.8) is 0 Å². The van der Waals surface area contributed by atoms with E-state index in [0.29, 0.717) is 23.8 Å². The third kappa shape index (κ3) is 2.22. The summed E-state index contributed by atoms with van der Waals surface area (Å²) in [5, 5.41) is 0. The lowest BCUT2D eigenvalue weighted by Gasteiger charge is -2.06. The number of benzene rings is 1. The molecule has 0 atom stereocenters. The van der Waals surface area contributed by atoms with Crippen molar-refractivity contribution in [2.24, 2.45) is 7.05 Å². The van der Waals surface area contributed by atoms with Gasteiger partial charge in [-0.15, -0.1) is 0 Å². The maximum atomic E-state index is 5.83. The van der Waals surface area contributed by atoms with Gasteiger partial charge in [-0.05, 0) is 19.4 Å². The number of ether oxygens (including phenoxy) is 1. The molecule has 102 valence electrons. The van der Waals surface area contributed by atoms with Gasteiger partial charge in [0, 0.05) is 7.05 Å². The second kappa shape index (κ2) is 4.92. The van der Waals surface area contributed by atoms with Crippen LogP contribution in [0.15, 0.2) is 30.3 Å². The van der Waals surface area contributed by atoms with Crippen LogP contribution in [0.1, 0.15) is 17.2 Å². The number of hydrogen-bond donors (Lipinski definition) is 0. The predicted molar refractivity (Wildman–Crippen MR) is 76.6 cm³/mol. The topological polar surface area (TPSA) is 52.8 Å². The Bertz CT molecular complexity index is 749. The quantitative estimate of drug-likeness (QED) is 0.732. The van der Waals surface area contributed by atoms with Gasteiger partial charge in [-0.3, -0.25) is 0 Å². The molecule has 0 aliphatic rings. The van der Waals surface area contributed by atoms with Crippen LogP contribution in [0, 0.1) is 13.8 Å². The van der Waals surface area contributed by atoms with E-state index < -0.39 is 0 Å². The van der Waals surface area contributed by atoms with Crippen molar-refractivity contribution in [3.8, 4) is 5.88 Å². The average molecular weight is 268 g/mol. The van der Waals surface area contributed by atoms with Gasteiger partial charge in [0.1, 0.15) is 18.3 Å². The highest BCUT2D eigenvalue weighted by Gasteiger charge is 2.14. The van der Waals surface area contributed by atoms with Crippen LogP contribution >= 0.6 is 0 Å². The first-order chi connectivity index (χ1) is 9.65. The highest BCUT2D eigenvalue weighted by atomic mass is 16.5. The molecule has 5 nitrogen and oxygen atoms in total. The Morgan fingerprint density at radius 1 is 1.05 bits per heavy atom. The fourth-order valence-corrected chi connectivity index (χ4v) is 2.08. The molecular formula is C15H16N4O. The number of fused-ring (bicyclic) bond motifs is 1. The molecule has 20 heavy (non-hydrogen) atoms. The number of nitrogens with zero attached hydrogens (tertiary/aromatic N) is 4. The minimum Gasteiger partial charge on any atom is -0.471 e. The van der Waals surface area contributed by atoms with Crippen molar-refractivity contribution in [1.82, 2.24) is 19.5 Å². The van der Waals surface area contributed by atoms with Crippen LogP contribution in [-0.2, 0) is 13.7 Å². The van der Waals surface area contributed by atoms with Crippen LogP contribution in [0.4, 0.5) is 0 Å². The molecule has 2 aromatic heterocycles. The highest BCUT2D eigenvalue weighted by molar-refractivity contribution is 5.77. The van der Waals surface area contributed by atoms with Gasteiger partial charge in [0.2, 0.25) is 5.88 Å². The van der Waals surface area contributed by atoms with Crippen molar-refractivity contribution < 1.29 is 4.74 Å². The summed E-state index contributed by atoms with van der Waals surface area (Å²) >= 11 is 0. The minimum atomic E-state index is 0.474. The number of hydrogen-bond acceptors (Lipinski definition) is 4. The van der Waals surface area contributed by atoms with Gasteiger partial charge in [0.25, 0.3) is 0 Å². The molecule has 0 unspecified atom stereocenters. The molecule has 0 radical (unpaired) electrons. The first kappa shape index (κ1) is 12.6. The zero-order chi connectivity index (χ0) is 14.1. The van der Waals surface area contributed by atoms with E-state index in [-0.39, 0.29) is 0 Å². The van der Waals surface area contributed by atoms with E-state index in [2.05, 4.69) is 15.0 Å². The van der Waals surface area contributed by atoms with Gasteiger partial charge < -0.3 is 9.30 Å². The van der Waals surface area contributed by atoms with Crippen LogP contribution < -0.4 is 4.74 Å². The van der Waals surface area contributed by atoms with E-state index >= 15 is 0 Å². The van der Waals surface area contributed by atoms with Crippen LogP contribution in [0.3, 0.4) is 0 Å². The van der Waals surface area contributed by atoms with Crippen molar-refractivity contribution in [1.29, 1.82) is 0 Å². The third-order valence-electron chi connectivity index (χ3n) is 3.24. The lowest BCUT2D eigenvalue weighted by atomic mass is 10.2. The Morgan fingerprint density at radius 2 is 1.80 bits per heavy atom. The lowest BCUT2D eigenvalue weighted by molar-refractivity contribution is 0.296. The van der Waals surface area contributed by atoms with Gasteiger partial charge in [0.15, 0.2) is 11.2 Å². The summed E-state index contributed by atoms with van der Waals surface area (Å²) in [5.41, 5.74) is 2.62. The molecule has 3 rings (SSSR count). The van der Waals surface area contributed by atoms with Gasteiger partial charge in [0.05, 0.1) is 0 Å². The Balaban J connectivity index is 1.97. The number of aryl methyl sites for hydroxylation is 3. The van der Waals surface area contributed by atoms with Crippen LogP contribution in [0.2, 0.25) is 0 Å². The second-order valence-electron chi connectivity index (χ2n) is 4.74. The molecule has 0 aliphatic heterocycles. The molecule has 2 heterocycles. The summed E-state index contributed by atoms with van der Waals surface area (Å²) in [4.78, 5) is 13.3. The molecule has 1 aromatic carbocycles. The summed E-state index contributed by atoms with van der Waals surface area (Å²) in [7, 11) is 1.94. The van der Waals surface area contributed by atoms with Crippen molar-refractivity contribution in [2.75, 3.05) is 0 Å². The van der Waals surface area contributed by atoms with E-state index in [1.807, 2.05) is 55.8 Å². The maximum absolute atomic E-state index is 5.83. The molecular weight excluding hydrogens is 252 g/mol. The summed E-state index contributed by atoms with van der Waals surface area (Å²) in [6.07, 6.45) is 0. The van der Waals surface area contributed by atoms with E-state index in [9.17, 15) is 0 Å². The predicted octanol–water partition coefficient (Wildman–Crippen LogP) is 2.56. The third-order valence-corrected chi connectivity index (χ3v) is 3.24. The molecule has 0 amide bonds. The average Bonchev–Trinajstić information content (AvgIpc) is 2.74. The molecule has 0 saturated heterocycles. The summed E-state index contributed by atoms with van der Waals surface area (Å²) in [6.45, 7) is 4.27. The lowest BCUT2D eigenvalue weighted by Crippen LogP contribution is -2.01. The standard InChI is InChI=1S/C15H16N4O/c1-10-16-14-13(18-11(2)19(14)3)15(17-10)20-9-12-7-5-4-6-8-12/h4-8H,9H2,1-3H3. The number of aromatic nitrogens is 4. The van der Waals surface area contributed by atoms with Crippen molar-refractivity contribution in [3.05, 3.63) is 47.5 Å². The Kier molecular flexibility index (Phi) is 3.10. The molecule has 0 N–H and O–H groups in total. The summed E-state index contributed by atoms with van der Waals surface area (Å²) < 4.78 is 7.77. The monoisotopic (exact) mass is 268 g/mol. The molecule has 0 aliphatic carbocycles. The molecule has 3 aromatic rings. The normalized spacial score (nSPS) is 10.9. The fourth-order valence-electron chi connectivity index (χ4n) is 2.08. The van der Waals surface area contributed by atoms with Crippen LogP contribution in [0.5, 0.6) is 5.88 Å². The van der Waals surface area contributed by atoms with Gasteiger partial charge in [-0.1, -0.05) is 30.3 Å². The SMILES string of the molecule is Cc1nc(OCc2ccccc2)c2nc(C)n(C)c2n1. The van der Waals surface area contributed by atoms with Gasteiger partial charge >= 0.3 is 0 Å². The number of imidazole rings is 1. The van der Waals surface area contributed by atoms with E-state index in [4.69, 9.17) is 4.74 Å². The second-order valence-corrected chi connectivity index (χ2v) is 4.74. The first-order valence-corrected chi connectivity index (χ1v) is 6.49. The Labute approximate surface area is 117 Å². The van der Waals surface area contributed by atoms with Crippen LogP contribution in [0.25, 0.3) is 11.2 Å². The van der Waals surface area contributed by atoms with Gasteiger partial charge in [-0.25, -0.2) is 9.97 Å². The fraction of sp³-hybridized carbons (Fsp3) is 0.267. The summed E-state index contributed by atoms with van der Waals surface area (Å²) in [5.74, 6) is 2.12. The molecule has 0 bridgehead atoms. The van der Waals surface area contributed by atoms with Gasteiger partial charge in [-0.2, -0.15) is 4.98 Å². The van der Waals surface area contributed by atoms with E-state index in [0.717, 1.165) is 17.0 Å². The summed E-state index contributed by atoms with van der Waals surface area (Å²) in [6, 6.07) is 10.0. The molecule has 0 saturated carbocycles. The van der Waals surface area contributed by atoms with Crippen molar-refractivity contribution in [2.45, 2.75) is 20.5 Å². The van der Waals surface area contributed by atoms with Crippen LogP contribution in [-0.4, -0.2) is 19.5 Å². The largest absolute Gasteiger partial charge is 0.471 e. The Hall–Kier alpha value is -2.43. The molecule has 5 heteroatoms. The van der Waals surface area contributed by atoms with E-state index in [1.165, 1.54) is 0 Å². The zero-order valence-corrected chi connectivity index (χ0v) is 11.8. The molecule has 0 spiro atoms. The smallest absolute Gasteiger partial charge is 0.246 e. The minimum absolute atomic E-state index is 0.474. The van der Waals surface area contributed by atoms with E-state index in [1.54, 1.807) is 0 Å². The Morgan fingerprint density at radius 3 is 2.55 bits per heavy atom. The first-order valence-electron chi connectivity index (χ1n) is 6.49.